The fourth-order valence-corrected chi connectivity index (χ4v) is 2.13. The summed E-state index contributed by atoms with van der Waals surface area (Å²) in [6.07, 6.45) is 0.460. The second-order valence-corrected chi connectivity index (χ2v) is 6.02. The van der Waals surface area contributed by atoms with Gasteiger partial charge in [-0.2, -0.15) is 0 Å². The smallest absolute Gasteiger partial charge is 0.318 e. The topological polar surface area (TPSA) is 90.0 Å². The zero-order valence-corrected chi connectivity index (χ0v) is 12.5. The molecule has 1 aliphatic heterocycles. The molecule has 0 aromatic heterocycles. The minimum atomic E-state index is -0.955. The number of hydrogen-bond donors (Lipinski definition) is 2. The van der Waals surface area contributed by atoms with Crippen LogP contribution in [-0.4, -0.2) is 64.5 Å². The van der Waals surface area contributed by atoms with Gasteiger partial charge in [0.25, 0.3) is 0 Å². The highest BCUT2D eigenvalue weighted by Gasteiger charge is 2.34. The van der Waals surface area contributed by atoms with Crippen LogP contribution in [0.4, 0.5) is 4.79 Å². The first-order valence-corrected chi connectivity index (χ1v) is 6.68. The Bertz CT molecular complexity index is 403. The first-order valence-electron chi connectivity index (χ1n) is 6.68. The molecule has 0 spiro atoms. The van der Waals surface area contributed by atoms with Gasteiger partial charge in [0.2, 0.25) is 5.91 Å². The van der Waals surface area contributed by atoms with Crippen LogP contribution in [0.2, 0.25) is 0 Å². The number of rotatable bonds is 4. The van der Waals surface area contributed by atoms with Crippen LogP contribution < -0.4 is 5.32 Å². The van der Waals surface area contributed by atoms with Gasteiger partial charge >= 0.3 is 12.0 Å². The quantitative estimate of drug-likeness (QED) is 0.787. The minimum absolute atomic E-state index is 0.106. The second kappa shape index (κ2) is 6.11. The van der Waals surface area contributed by atoms with Crippen LogP contribution in [0.3, 0.4) is 0 Å². The molecule has 7 heteroatoms. The third-order valence-electron chi connectivity index (χ3n) is 3.33. The van der Waals surface area contributed by atoms with Gasteiger partial charge in [-0.1, -0.05) is 0 Å². The summed E-state index contributed by atoms with van der Waals surface area (Å²) in [5, 5.41) is 11.4. The number of carbonyl (C=O) groups is 3. The highest BCUT2D eigenvalue weighted by atomic mass is 16.4. The van der Waals surface area contributed by atoms with Crippen molar-refractivity contribution in [3.8, 4) is 0 Å². The maximum absolute atomic E-state index is 12.3. The summed E-state index contributed by atoms with van der Waals surface area (Å²) >= 11 is 0. The van der Waals surface area contributed by atoms with Gasteiger partial charge in [0, 0.05) is 25.7 Å². The van der Waals surface area contributed by atoms with E-state index in [9.17, 15) is 14.4 Å². The molecule has 7 nitrogen and oxygen atoms in total. The van der Waals surface area contributed by atoms with Crippen LogP contribution in [0.1, 0.15) is 33.6 Å². The van der Waals surface area contributed by atoms with E-state index in [0.29, 0.717) is 13.0 Å². The number of hydrogen-bond acceptors (Lipinski definition) is 3. The molecule has 3 amide bonds. The lowest BCUT2D eigenvalue weighted by molar-refractivity contribution is -0.137. The summed E-state index contributed by atoms with van der Waals surface area (Å²) in [7, 11) is 1.69. The standard InChI is InChI=1S/C13H23N3O4/c1-13(2,3)16(8-6-10(17)18)12(20)14-9-5-7-15(4)11(9)19/h9H,5-8H2,1-4H3,(H,14,20)(H,17,18). The zero-order valence-electron chi connectivity index (χ0n) is 12.5. The van der Waals surface area contributed by atoms with Gasteiger partial charge < -0.3 is 20.2 Å². The lowest BCUT2D eigenvalue weighted by Crippen LogP contribution is -2.54. The average molecular weight is 285 g/mol. The molecule has 1 rings (SSSR count). The van der Waals surface area contributed by atoms with E-state index in [-0.39, 0.29) is 18.9 Å². The molecule has 1 unspecified atom stereocenters. The highest BCUT2D eigenvalue weighted by Crippen LogP contribution is 2.16. The zero-order chi connectivity index (χ0) is 15.5. The largest absolute Gasteiger partial charge is 0.481 e. The van der Waals surface area contributed by atoms with Crippen LogP contribution in [-0.2, 0) is 9.59 Å². The van der Waals surface area contributed by atoms with Gasteiger partial charge in [0.15, 0.2) is 0 Å². The van der Waals surface area contributed by atoms with Crippen LogP contribution in [0.25, 0.3) is 0 Å². The van der Waals surface area contributed by atoms with Gasteiger partial charge in [0.1, 0.15) is 6.04 Å². The number of urea groups is 1. The Morgan fingerprint density at radius 3 is 2.45 bits per heavy atom. The average Bonchev–Trinajstić information content (AvgIpc) is 2.59. The molecule has 1 heterocycles. The molecule has 1 atom stereocenters. The van der Waals surface area contributed by atoms with Crippen molar-refractivity contribution < 1.29 is 19.5 Å². The molecular weight excluding hydrogens is 262 g/mol. The first kappa shape index (κ1) is 16.3. The molecule has 114 valence electrons. The number of nitrogens with zero attached hydrogens (tertiary/aromatic N) is 2. The summed E-state index contributed by atoms with van der Waals surface area (Å²) in [4.78, 5) is 37.7. The van der Waals surface area contributed by atoms with E-state index in [1.165, 1.54) is 4.90 Å². The van der Waals surface area contributed by atoms with Crippen molar-refractivity contribution in [2.75, 3.05) is 20.1 Å². The van der Waals surface area contributed by atoms with E-state index >= 15 is 0 Å². The van der Waals surface area contributed by atoms with Gasteiger partial charge in [-0.05, 0) is 27.2 Å². The molecule has 0 aliphatic carbocycles. The predicted molar refractivity (Wildman–Crippen MR) is 73.3 cm³/mol. The highest BCUT2D eigenvalue weighted by molar-refractivity contribution is 5.88. The molecule has 0 bridgehead atoms. The molecule has 0 radical (unpaired) electrons. The number of carbonyl (C=O) groups excluding carboxylic acids is 2. The van der Waals surface area contributed by atoms with E-state index in [4.69, 9.17) is 5.11 Å². The molecule has 20 heavy (non-hydrogen) atoms. The number of carboxylic acid groups (broad SMARTS) is 1. The molecule has 1 aliphatic rings. The molecule has 1 saturated heterocycles. The van der Waals surface area contributed by atoms with Crippen molar-refractivity contribution >= 4 is 17.9 Å². The monoisotopic (exact) mass is 285 g/mol. The van der Waals surface area contributed by atoms with Crippen molar-refractivity contribution in [1.29, 1.82) is 0 Å². The van der Waals surface area contributed by atoms with E-state index in [2.05, 4.69) is 5.32 Å². The second-order valence-electron chi connectivity index (χ2n) is 6.02. The summed E-state index contributed by atoms with van der Waals surface area (Å²) in [6, 6.07) is -0.908. The number of amides is 3. The van der Waals surface area contributed by atoms with Crippen LogP contribution >= 0.6 is 0 Å². The maximum Gasteiger partial charge on any atom is 0.318 e. The Balaban J connectivity index is 2.69. The molecule has 0 saturated carbocycles. The third-order valence-corrected chi connectivity index (χ3v) is 3.33. The minimum Gasteiger partial charge on any atom is -0.481 e. The van der Waals surface area contributed by atoms with Crippen molar-refractivity contribution in [3.05, 3.63) is 0 Å². The normalized spacial score (nSPS) is 19.1. The number of carboxylic acids is 1. The lowest BCUT2D eigenvalue weighted by atomic mass is 10.1. The Kier molecular flexibility index (Phi) is 4.97. The summed E-state index contributed by atoms with van der Waals surface area (Å²) in [6.45, 7) is 6.22. The molecular formula is C13H23N3O4. The summed E-state index contributed by atoms with van der Waals surface area (Å²) in [5.41, 5.74) is -0.507. The van der Waals surface area contributed by atoms with Crippen molar-refractivity contribution in [2.24, 2.45) is 0 Å². The third kappa shape index (κ3) is 4.11. The van der Waals surface area contributed by atoms with Crippen molar-refractivity contribution in [2.45, 2.75) is 45.2 Å². The van der Waals surface area contributed by atoms with Gasteiger partial charge in [0.05, 0.1) is 6.42 Å². The van der Waals surface area contributed by atoms with E-state index in [1.807, 2.05) is 20.8 Å². The number of likely N-dealkylation sites (tertiary alicyclic amines) is 1. The fraction of sp³-hybridized carbons (Fsp3) is 0.769. The Morgan fingerprint density at radius 1 is 1.45 bits per heavy atom. The van der Waals surface area contributed by atoms with E-state index < -0.39 is 23.6 Å². The van der Waals surface area contributed by atoms with E-state index in [1.54, 1.807) is 11.9 Å². The van der Waals surface area contributed by atoms with Crippen molar-refractivity contribution in [1.82, 2.24) is 15.1 Å². The molecule has 0 aromatic carbocycles. The van der Waals surface area contributed by atoms with Gasteiger partial charge in [-0.15, -0.1) is 0 Å². The lowest BCUT2D eigenvalue weighted by Gasteiger charge is -2.36. The molecule has 1 fully saturated rings. The molecule has 2 N–H and O–H groups in total. The van der Waals surface area contributed by atoms with Crippen LogP contribution in [0.15, 0.2) is 0 Å². The first-order chi connectivity index (χ1) is 9.12. The fourth-order valence-electron chi connectivity index (χ4n) is 2.13. The Hall–Kier alpha value is -1.79. The molecule has 0 aromatic rings. The summed E-state index contributed by atoms with van der Waals surface area (Å²) < 4.78 is 0. The van der Waals surface area contributed by atoms with Crippen LogP contribution in [0.5, 0.6) is 0 Å². The Labute approximate surface area is 118 Å². The van der Waals surface area contributed by atoms with Crippen molar-refractivity contribution in [3.63, 3.8) is 0 Å². The predicted octanol–water partition coefficient (Wildman–Crippen LogP) is 0.502. The van der Waals surface area contributed by atoms with Gasteiger partial charge in [-0.25, -0.2) is 4.79 Å². The van der Waals surface area contributed by atoms with Gasteiger partial charge in [-0.3, -0.25) is 9.59 Å². The van der Waals surface area contributed by atoms with E-state index in [0.717, 1.165) is 0 Å². The maximum atomic E-state index is 12.3. The number of likely N-dealkylation sites (N-methyl/N-ethyl adjacent to an activating group) is 1. The number of nitrogens with one attached hydrogen (secondary N) is 1. The SMILES string of the molecule is CN1CCC(NC(=O)N(CCC(=O)O)C(C)(C)C)C1=O. The van der Waals surface area contributed by atoms with Crippen LogP contribution in [0, 0.1) is 0 Å². The number of aliphatic carboxylic acids is 1. The Morgan fingerprint density at radius 2 is 2.05 bits per heavy atom. The summed E-state index contributed by atoms with van der Waals surface area (Å²) in [5.74, 6) is -1.06.